The zero-order valence-corrected chi connectivity index (χ0v) is 9.77. The molecule has 0 atom stereocenters. The fourth-order valence-corrected chi connectivity index (χ4v) is 1.97. The highest BCUT2D eigenvalue weighted by molar-refractivity contribution is 8.02. The van der Waals surface area contributed by atoms with Crippen molar-refractivity contribution in [3.8, 4) is 0 Å². The third kappa shape index (κ3) is 4.18. The highest BCUT2D eigenvalue weighted by atomic mass is 35.5. The number of aliphatic hydroxyl groups is 1. The summed E-state index contributed by atoms with van der Waals surface area (Å²) in [4.78, 5) is 0.995. The highest BCUT2D eigenvalue weighted by Crippen LogP contribution is 2.27. The van der Waals surface area contributed by atoms with Gasteiger partial charge in [-0.1, -0.05) is 35.5 Å². The van der Waals surface area contributed by atoms with Gasteiger partial charge in [0.25, 0.3) is 0 Å². The van der Waals surface area contributed by atoms with Crippen molar-refractivity contribution >= 4 is 23.4 Å². The molecule has 1 rings (SSSR count). The Hall–Kier alpha value is -0.440. The van der Waals surface area contributed by atoms with E-state index in [4.69, 9.17) is 11.6 Å². The molecule has 76 valence electrons. The van der Waals surface area contributed by atoms with Gasteiger partial charge in [0.15, 0.2) is 0 Å². The van der Waals surface area contributed by atoms with Crippen molar-refractivity contribution in [2.24, 2.45) is 0 Å². The van der Waals surface area contributed by atoms with Gasteiger partial charge >= 0.3 is 0 Å². The third-order valence-electron chi connectivity index (χ3n) is 1.51. The average molecular weight is 229 g/mol. The largest absolute Gasteiger partial charge is 0.386 e. The minimum atomic E-state index is -0.770. The van der Waals surface area contributed by atoms with Crippen molar-refractivity contribution in [1.29, 1.82) is 0 Å². The predicted octanol–water partition coefficient (Wildman–Crippen LogP) is 3.72. The first-order valence-corrected chi connectivity index (χ1v) is 5.56. The first-order valence-electron chi connectivity index (χ1n) is 4.30. The molecule has 0 saturated heterocycles. The Morgan fingerprint density at radius 1 is 1.36 bits per heavy atom. The lowest BCUT2D eigenvalue weighted by Gasteiger charge is -2.09. The molecule has 0 heterocycles. The molecule has 0 fully saturated rings. The van der Waals surface area contributed by atoms with Gasteiger partial charge in [-0.25, -0.2) is 0 Å². The van der Waals surface area contributed by atoms with Crippen molar-refractivity contribution in [2.75, 3.05) is 0 Å². The summed E-state index contributed by atoms with van der Waals surface area (Å²) < 4.78 is 0. The molecule has 0 amide bonds. The quantitative estimate of drug-likeness (QED) is 0.796. The summed E-state index contributed by atoms with van der Waals surface area (Å²) in [7, 11) is 0. The van der Waals surface area contributed by atoms with Crippen LogP contribution in [0, 0.1) is 0 Å². The van der Waals surface area contributed by atoms with Crippen LogP contribution in [0.15, 0.2) is 40.6 Å². The number of thioether (sulfide) groups is 1. The molecule has 0 unspecified atom stereocenters. The van der Waals surface area contributed by atoms with E-state index in [0.717, 1.165) is 9.92 Å². The molecule has 0 aliphatic rings. The van der Waals surface area contributed by atoms with E-state index < -0.39 is 5.60 Å². The maximum absolute atomic E-state index is 9.43. The van der Waals surface area contributed by atoms with Crippen LogP contribution in [0.4, 0.5) is 0 Å². The molecule has 0 saturated carbocycles. The Morgan fingerprint density at radius 2 is 2.00 bits per heavy atom. The van der Waals surface area contributed by atoms with E-state index in [0.29, 0.717) is 0 Å². The van der Waals surface area contributed by atoms with E-state index in [9.17, 15) is 5.11 Å². The van der Waals surface area contributed by atoms with Crippen LogP contribution in [0.25, 0.3) is 0 Å². The summed E-state index contributed by atoms with van der Waals surface area (Å²) in [6.45, 7) is 3.47. The number of rotatable bonds is 3. The van der Waals surface area contributed by atoms with Crippen LogP contribution in [0.5, 0.6) is 0 Å². The van der Waals surface area contributed by atoms with Crippen molar-refractivity contribution in [2.45, 2.75) is 24.3 Å². The number of benzene rings is 1. The maximum atomic E-state index is 9.43. The lowest BCUT2D eigenvalue weighted by atomic mass is 10.1. The van der Waals surface area contributed by atoms with Crippen LogP contribution in [0.3, 0.4) is 0 Å². The molecule has 1 nitrogen and oxygen atoms in total. The Labute approximate surface area is 93.8 Å². The standard InChI is InChI=1S/C11H13ClOS/c1-11(2,13)7-8-14-10-6-4-3-5-9(10)12/h3-8,13H,1-2H3/b8-7+. The minimum Gasteiger partial charge on any atom is -0.386 e. The smallest absolute Gasteiger partial charge is 0.0779 e. The zero-order valence-electron chi connectivity index (χ0n) is 8.20. The number of hydrogen-bond acceptors (Lipinski definition) is 2. The second-order valence-electron chi connectivity index (χ2n) is 3.50. The molecule has 0 aromatic heterocycles. The summed E-state index contributed by atoms with van der Waals surface area (Å²) in [5.41, 5.74) is -0.770. The predicted molar refractivity (Wildman–Crippen MR) is 62.7 cm³/mol. The first-order chi connectivity index (χ1) is 6.49. The summed E-state index contributed by atoms with van der Waals surface area (Å²) in [5, 5.41) is 12.0. The van der Waals surface area contributed by atoms with E-state index >= 15 is 0 Å². The maximum Gasteiger partial charge on any atom is 0.0779 e. The van der Waals surface area contributed by atoms with Gasteiger partial charge in [-0.3, -0.25) is 0 Å². The Morgan fingerprint density at radius 3 is 2.57 bits per heavy atom. The van der Waals surface area contributed by atoms with Gasteiger partial charge in [0.2, 0.25) is 0 Å². The van der Waals surface area contributed by atoms with Gasteiger partial charge in [-0.2, -0.15) is 0 Å². The topological polar surface area (TPSA) is 20.2 Å². The summed E-state index contributed by atoms with van der Waals surface area (Å²) in [6, 6.07) is 7.63. The number of halogens is 1. The van der Waals surface area contributed by atoms with E-state index in [1.165, 1.54) is 11.8 Å². The van der Waals surface area contributed by atoms with E-state index in [1.54, 1.807) is 19.9 Å². The molecule has 14 heavy (non-hydrogen) atoms. The summed E-state index contributed by atoms with van der Waals surface area (Å²) >= 11 is 7.46. The second kappa shape index (κ2) is 4.87. The molecule has 0 aliphatic heterocycles. The van der Waals surface area contributed by atoms with Gasteiger partial charge in [-0.15, -0.1) is 0 Å². The Bertz CT molecular complexity index is 328. The zero-order chi connectivity index (χ0) is 10.6. The van der Waals surface area contributed by atoms with Crippen LogP contribution in [0.1, 0.15) is 13.8 Å². The Kier molecular flexibility index (Phi) is 4.05. The van der Waals surface area contributed by atoms with Crippen LogP contribution >= 0.6 is 23.4 Å². The van der Waals surface area contributed by atoms with Gasteiger partial charge in [-0.05, 0) is 37.5 Å². The molecule has 3 heteroatoms. The monoisotopic (exact) mass is 228 g/mol. The van der Waals surface area contributed by atoms with Crippen molar-refractivity contribution in [3.05, 3.63) is 40.8 Å². The lowest BCUT2D eigenvalue weighted by Crippen LogP contribution is -2.13. The molecule has 0 radical (unpaired) electrons. The third-order valence-corrected chi connectivity index (χ3v) is 2.83. The van der Waals surface area contributed by atoms with Crippen molar-refractivity contribution in [3.63, 3.8) is 0 Å². The van der Waals surface area contributed by atoms with Gasteiger partial charge in [0, 0.05) is 4.90 Å². The van der Waals surface area contributed by atoms with Crippen LogP contribution in [0.2, 0.25) is 5.02 Å². The van der Waals surface area contributed by atoms with Gasteiger partial charge in [0.05, 0.1) is 10.6 Å². The van der Waals surface area contributed by atoms with Gasteiger partial charge < -0.3 is 5.11 Å². The minimum absolute atomic E-state index is 0.734. The second-order valence-corrected chi connectivity index (χ2v) is 4.86. The van der Waals surface area contributed by atoms with Crippen LogP contribution in [-0.4, -0.2) is 10.7 Å². The van der Waals surface area contributed by atoms with E-state index in [-0.39, 0.29) is 0 Å². The van der Waals surface area contributed by atoms with Crippen molar-refractivity contribution < 1.29 is 5.11 Å². The average Bonchev–Trinajstić information content (AvgIpc) is 2.06. The molecule has 1 aromatic carbocycles. The number of hydrogen-bond donors (Lipinski definition) is 1. The Balaban J connectivity index is 2.63. The molecule has 0 spiro atoms. The molecule has 1 N–H and O–H groups in total. The van der Waals surface area contributed by atoms with Crippen LogP contribution in [-0.2, 0) is 0 Å². The van der Waals surface area contributed by atoms with Crippen molar-refractivity contribution in [1.82, 2.24) is 0 Å². The van der Waals surface area contributed by atoms with Crippen LogP contribution < -0.4 is 0 Å². The normalized spacial score (nSPS) is 12.3. The van der Waals surface area contributed by atoms with E-state index in [2.05, 4.69) is 0 Å². The molecule has 1 aromatic rings. The van der Waals surface area contributed by atoms with E-state index in [1.807, 2.05) is 29.7 Å². The fourth-order valence-electron chi connectivity index (χ4n) is 0.814. The molecule has 0 aliphatic carbocycles. The lowest BCUT2D eigenvalue weighted by molar-refractivity contribution is 0.133. The fraction of sp³-hybridized carbons (Fsp3) is 0.273. The summed E-state index contributed by atoms with van der Waals surface area (Å²) in [5.74, 6) is 0. The molecular formula is C11H13ClOS. The highest BCUT2D eigenvalue weighted by Gasteiger charge is 2.05. The molecular weight excluding hydrogens is 216 g/mol. The SMILES string of the molecule is CC(C)(O)/C=C/Sc1ccccc1Cl. The van der Waals surface area contributed by atoms with Gasteiger partial charge in [0.1, 0.15) is 0 Å². The summed E-state index contributed by atoms with van der Waals surface area (Å²) in [6.07, 6.45) is 1.74. The first kappa shape index (κ1) is 11.6. The molecule has 0 bridgehead atoms.